The summed E-state index contributed by atoms with van der Waals surface area (Å²) < 4.78 is 13.0. The molecule has 0 fully saturated rings. The summed E-state index contributed by atoms with van der Waals surface area (Å²) in [6.07, 6.45) is 0. The summed E-state index contributed by atoms with van der Waals surface area (Å²) in [5.74, 6) is -0.263. The minimum Gasteiger partial charge on any atom is -0.508 e. The van der Waals surface area contributed by atoms with Crippen LogP contribution in [0.5, 0.6) is 5.75 Å². The summed E-state index contributed by atoms with van der Waals surface area (Å²) in [5.41, 5.74) is 1.50. The molecule has 0 heterocycles. The molecule has 2 aromatic carbocycles. The Morgan fingerprint density at radius 3 is 2.68 bits per heavy atom. The van der Waals surface area contributed by atoms with Crippen molar-refractivity contribution in [3.05, 3.63) is 59.4 Å². The fraction of sp³-hybridized carbons (Fsp3) is 0.133. The van der Waals surface area contributed by atoms with Gasteiger partial charge in [-0.15, -0.1) is 0 Å². The number of nitriles is 1. The zero-order valence-corrected chi connectivity index (χ0v) is 10.4. The average molecular weight is 256 g/mol. The van der Waals surface area contributed by atoms with Gasteiger partial charge in [-0.1, -0.05) is 18.2 Å². The second kappa shape index (κ2) is 5.40. The lowest BCUT2D eigenvalue weighted by Crippen LogP contribution is -2.08. The molecule has 0 bridgehead atoms. The van der Waals surface area contributed by atoms with Crippen LogP contribution in [0.15, 0.2) is 42.5 Å². The molecule has 1 atom stereocenters. The molecule has 0 spiro atoms. The number of halogens is 1. The van der Waals surface area contributed by atoms with Crippen molar-refractivity contribution in [2.75, 3.05) is 5.32 Å². The lowest BCUT2D eigenvalue weighted by Gasteiger charge is -2.17. The number of para-hydroxylation sites is 1. The Hall–Kier alpha value is -2.54. The number of anilines is 1. The fourth-order valence-electron chi connectivity index (χ4n) is 1.90. The standard InChI is InChI=1S/C15H13FN2O/c1-10(13-4-2-3-5-15(13)19)18-14-7-6-12(16)8-11(14)9-17/h2-8,10,18-19H,1H3. The first-order valence-corrected chi connectivity index (χ1v) is 5.86. The molecule has 0 aliphatic carbocycles. The maximum absolute atomic E-state index is 13.0. The molecule has 0 radical (unpaired) electrons. The molecule has 2 rings (SSSR count). The third-order valence-corrected chi connectivity index (χ3v) is 2.88. The topological polar surface area (TPSA) is 56.0 Å². The summed E-state index contributed by atoms with van der Waals surface area (Å²) in [6, 6.07) is 12.7. The highest BCUT2D eigenvalue weighted by Gasteiger charge is 2.12. The van der Waals surface area contributed by atoms with E-state index in [-0.39, 0.29) is 17.4 Å². The second-order valence-electron chi connectivity index (χ2n) is 4.23. The number of phenolic OH excluding ortho intramolecular Hbond substituents is 1. The van der Waals surface area contributed by atoms with Gasteiger partial charge in [-0.25, -0.2) is 4.39 Å². The van der Waals surface area contributed by atoms with Crippen LogP contribution in [-0.4, -0.2) is 5.11 Å². The van der Waals surface area contributed by atoms with E-state index >= 15 is 0 Å². The molecule has 2 N–H and O–H groups in total. The van der Waals surface area contributed by atoms with Gasteiger partial charge in [-0.05, 0) is 31.2 Å². The van der Waals surface area contributed by atoms with Gasteiger partial charge in [0.1, 0.15) is 17.6 Å². The van der Waals surface area contributed by atoms with E-state index in [1.165, 1.54) is 18.2 Å². The largest absolute Gasteiger partial charge is 0.508 e. The van der Waals surface area contributed by atoms with Crippen molar-refractivity contribution in [3.8, 4) is 11.8 Å². The number of nitrogens with one attached hydrogen (secondary N) is 1. The molecule has 0 aliphatic heterocycles. The molecular formula is C15H13FN2O. The Morgan fingerprint density at radius 1 is 1.26 bits per heavy atom. The Labute approximate surface area is 110 Å². The van der Waals surface area contributed by atoms with Gasteiger partial charge in [0, 0.05) is 5.56 Å². The second-order valence-corrected chi connectivity index (χ2v) is 4.23. The van der Waals surface area contributed by atoms with Crippen LogP contribution in [0.25, 0.3) is 0 Å². The van der Waals surface area contributed by atoms with Gasteiger partial charge in [-0.2, -0.15) is 5.26 Å². The molecule has 4 heteroatoms. The first-order chi connectivity index (χ1) is 9.11. The van der Waals surface area contributed by atoms with E-state index in [2.05, 4.69) is 5.32 Å². The number of phenols is 1. The van der Waals surface area contributed by atoms with E-state index in [4.69, 9.17) is 5.26 Å². The van der Waals surface area contributed by atoms with E-state index < -0.39 is 5.82 Å². The quantitative estimate of drug-likeness (QED) is 0.882. The lowest BCUT2D eigenvalue weighted by molar-refractivity contribution is 0.465. The highest BCUT2D eigenvalue weighted by Crippen LogP contribution is 2.27. The molecule has 0 saturated carbocycles. The minimum atomic E-state index is -0.447. The Kier molecular flexibility index (Phi) is 3.67. The molecule has 3 nitrogen and oxygen atoms in total. The van der Waals surface area contributed by atoms with E-state index in [9.17, 15) is 9.50 Å². The smallest absolute Gasteiger partial charge is 0.124 e. The predicted molar refractivity (Wildman–Crippen MR) is 71.3 cm³/mol. The van der Waals surface area contributed by atoms with Gasteiger partial charge in [0.05, 0.1) is 17.3 Å². The van der Waals surface area contributed by atoms with Crippen LogP contribution < -0.4 is 5.32 Å². The highest BCUT2D eigenvalue weighted by atomic mass is 19.1. The molecule has 2 aromatic rings. The van der Waals surface area contributed by atoms with Crippen molar-refractivity contribution in [1.82, 2.24) is 0 Å². The predicted octanol–water partition coefficient (Wildman–Crippen LogP) is 3.58. The monoisotopic (exact) mass is 256 g/mol. The third-order valence-electron chi connectivity index (χ3n) is 2.88. The Balaban J connectivity index is 2.27. The number of hydrogen-bond donors (Lipinski definition) is 2. The SMILES string of the molecule is CC(Nc1ccc(F)cc1C#N)c1ccccc1O. The first-order valence-electron chi connectivity index (χ1n) is 5.86. The number of nitrogens with zero attached hydrogens (tertiary/aromatic N) is 1. The van der Waals surface area contributed by atoms with Crippen LogP contribution in [0, 0.1) is 17.1 Å². The van der Waals surface area contributed by atoms with Gasteiger partial charge in [-0.3, -0.25) is 0 Å². The van der Waals surface area contributed by atoms with Gasteiger partial charge in [0.15, 0.2) is 0 Å². The van der Waals surface area contributed by atoms with Crippen LogP contribution in [0.3, 0.4) is 0 Å². The van der Waals surface area contributed by atoms with Gasteiger partial charge in [0.2, 0.25) is 0 Å². The molecule has 96 valence electrons. The number of rotatable bonds is 3. The average Bonchev–Trinajstić information content (AvgIpc) is 2.41. The van der Waals surface area contributed by atoms with Crippen molar-refractivity contribution in [2.24, 2.45) is 0 Å². The van der Waals surface area contributed by atoms with E-state index in [0.29, 0.717) is 5.69 Å². The normalized spacial score (nSPS) is 11.6. The van der Waals surface area contributed by atoms with Crippen LogP contribution >= 0.6 is 0 Å². The van der Waals surface area contributed by atoms with Crippen molar-refractivity contribution in [1.29, 1.82) is 5.26 Å². The first kappa shape index (κ1) is 12.9. The minimum absolute atomic E-state index is 0.183. The van der Waals surface area contributed by atoms with E-state index in [1.54, 1.807) is 18.2 Å². The van der Waals surface area contributed by atoms with Gasteiger partial charge in [0.25, 0.3) is 0 Å². The van der Waals surface area contributed by atoms with Crippen molar-refractivity contribution in [3.63, 3.8) is 0 Å². The number of benzene rings is 2. The number of aromatic hydroxyl groups is 1. The van der Waals surface area contributed by atoms with Crippen molar-refractivity contribution in [2.45, 2.75) is 13.0 Å². The summed E-state index contributed by atoms with van der Waals surface area (Å²) in [4.78, 5) is 0. The van der Waals surface area contributed by atoms with Crippen LogP contribution in [0.1, 0.15) is 24.1 Å². The molecule has 0 amide bonds. The summed E-state index contributed by atoms with van der Waals surface area (Å²) in [6.45, 7) is 1.86. The zero-order valence-electron chi connectivity index (χ0n) is 10.4. The van der Waals surface area contributed by atoms with Gasteiger partial charge >= 0.3 is 0 Å². The fourth-order valence-corrected chi connectivity index (χ4v) is 1.90. The number of hydrogen-bond acceptors (Lipinski definition) is 3. The molecule has 0 aliphatic rings. The third kappa shape index (κ3) is 2.83. The van der Waals surface area contributed by atoms with Crippen LogP contribution in [-0.2, 0) is 0 Å². The van der Waals surface area contributed by atoms with Gasteiger partial charge < -0.3 is 10.4 Å². The molecule has 0 aromatic heterocycles. The Bertz CT molecular complexity index is 634. The summed E-state index contributed by atoms with van der Waals surface area (Å²) in [7, 11) is 0. The Morgan fingerprint density at radius 2 is 2.00 bits per heavy atom. The van der Waals surface area contributed by atoms with E-state index in [0.717, 1.165) is 5.56 Å². The molecule has 19 heavy (non-hydrogen) atoms. The maximum Gasteiger partial charge on any atom is 0.124 e. The van der Waals surface area contributed by atoms with Crippen molar-refractivity contribution >= 4 is 5.69 Å². The summed E-state index contributed by atoms with van der Waals surface area (Å²) >= 11 is 0. The van der Waals surface area contributed by atoms with Crippen LogP contribution in [0.4, 0.5) is 10.1 Å². The highest BCUT2D eigenvalue weighted by molar-refractivity contribution is 5.58. The lowest BCUT2D eigenvalue weighted by atomic mass is 10.1. The maximum atomic E-state index is 13.0. The van der Waals surface area contributed by atoms with Crippen molar-refractivity contribution < 1.29 is 9.50 Å². The van der Waals surface area contributed by atoms with E-state index in [1.807, 2.05) is 19.1 Å². The summed E-state index contributed by atoms with van der Waals surface area (Å²) in [5, 5.41) is 21.8. The molecule has 1 unspecified atom stereocenters. The molecule has 0 saturated heterocycles. The molecular weight excluding hydrogens is 243 g/mol. The van der Waals surface area contributed by atoms with Crippen LogP contribution in [0.2, 0.25) is 0 Å². The zero-order chi connectivity index (χ0) is 13.8.